The number of hydrogen-bond donors (Lipinski definition) is 2. The molecule has 2 N–H and O–H groups in total. The predicted octanol–water partition coefficient (Wildman–Crippen LogP) is 3.17. The Morgan fingerprint density at radius 1 is 1.10 bits per heavy atom. The van der Waals surface area contributed by atoms with Crippen molar-refractivity contribution < 1.29 is 36.2 Å². The number of aliphatic hydroxyl groups excluding tert-OH is 1. The molecule has 1 heterocycles. The second-order valence-electron chi connectivity index (χ2n) is 11.0. The van der Waals surface area contributed by atoms with Crippen LogP contribution in [0.15, 0.2) is 53.4 Å². The number of ether oxygens (including phenoxy) is 2. The van der Waals surface area contributed by atoms with E-state index in [-0.39, 0.29) is 47.9 Å². The van der Waals surface area contributed by atoms with Gasteiger partial charge in [-0.2, -0.15) is 4.31 Å². The van der Waals surface area contributed by atoms with E-state index in [2.05, 4.69) is 4.72 Å². The first-order chi connectivity index (χ1) is 19.7. The highest BCUT2D eigenvalue weighted by Gasteiger charge is 2.32. The summed E-state index contributed by atoms with van der Waals surface area (Å²) in [7, 11) is -5.87. The fourth-order valence-electron chi connectivity index (χ4n) is 4.79. The van der Waals surface area contributed by atoms with E-state index in [1.165, 1.54) is 22.3 Å². The van der Waals surface area contributed by atoms with E-state index in [1.807, 2.05) is 13.8 Å². The Morgan fingerprint density at radius 2 is 1.79 bits per heavy atom. The minimum absolute atomic E-state index is 0.0620. The van der Waals surface area contributed by atoms with E-state index in [4.69, 9.17) is 9.47 Å². The maximum atomic E-state index is 14.1. The third-order valence-electron chi connectivity index (χ3n) is 7.24. The summed E-state index contributed by atoms with van der Waals surface area (Å²) in [5.74, 6) is -0.475. The summed E-state index contributed by atoms with van der Waals surface area (Å²) in [5, 5.41) is 10.1. The number of anilines is 1. The van der Waals surface area contributed by atoms with Crippen LogP contribution in [0, 0.1) is 5.92 Å². The van der Waals surface area contributed by atoms with Crippen molar-refractivity contribution in [1.29, 1.82) is 0 Å². The molecular formula is C29H43N3O8S2. The smallest absolute Gasteiger partial charge is 0.258 e. The van der Waals surface area contributed by atoms with Gasteiger partial charge in [-0.1, -0.05) is 25.1 Å². The highest BCUT2D eigenvalue weighted by atomic mass is 32.2. The monoisotopic (exact) mass is 625 g/mol. The van der Waals surface area contributed by atoms with Crippen LogP contribution in [0.25, 0.3) is 0 Å². The maximum absolute atomic E-state index is 14.1. The van der Waals surface area contributed by atoms with Crippen molar-refractivity contribution in [3.05, 3.63) is 54.1 Å². The molecule has 0 bridgehead atoms. The lowest BCUT2D eigenvalue weighted by atomic mass is 10.0. The van der Waals surface area contributed by atoms with Gasteiger partial charge in [-0.25, -0.2) is 16.8 Å². The molecule has 0 saturated carbocycles. The summed E-state index contributed by atoms with van der Waals surface area (Å²) >= 11 is 0. The van der Waals surface area contributed by atoms with Crippen LogP contribution in [0.4, 0.5) is 5.69 Å². The fraction of sp³-hybridized carbons (Fsp3) is 0.552. The topological polar surface area (TPSA) is 143 Å². The van der Waals surface area contributed by atoms with Crippen LogP contribution in [-0.4, -0.2) is 94.9 Å². The number of nitrogens with zero attached hydrogens (tertiary/aromatic N) is 2. The Hall–Kier alpha value is -2.71. The average Bonchev–Trinajstić information content (AvgIpc) is 2.94. The summed E-state index contributed by atoms with van der Waals surface area (Å²) in [6.45, 7) is 5.77. The molecule has 0 spiro atoms. The largest absolute Gasteiger partial charge is 0.490 e. The second kappa shape index (κ2) is 14.6. The van der Waals surface area contributed by atoms with Crippen LogP contribution in [0.2, 0.25) is 0 Å². The van der Waals surface area contributed by atoms with E-state index in [0.29, 0.717) is 18.8 Å². The lowest BCUT2D eigenvalue weighted by Crippen LogP contribution is -2.48. The first kappa shape index (κ1) is 33.8. The minimum Gasteiger partial charge on any atom is -0.490 e. The van der Waals surface area contributed by atoms with Crippen molar-refractivity contribution in [3.8, 4) is 5.75 Å². The number of nitrogens with one attached hydrogen (secondary N) is 1. The highest BCUT2D eigenvalue weighted by Crippen LogP contribution is 2.29. The van der Waals surface area contributed by atoms with E-state index in [9.17, 15) is 26.7 Å². The lowest BCUT2D eigenvalue weighted by Gasteiger charge is -2.35. The van der Waals surface area contributed by atoms with Gasteiger partial charge in [-0.05, 0) is 63.4 Å². The van der Waals surface area contributed by atoms with Crippen LogP contribution in [-0.2, 0) is 24.8 Å². The third-order valence-corrected chi connectivity index (χ3v) is 9.69. The molecule has 0 unspecified atom stereocenters. The molecule has 2 aromatic rings. The van der Waals surface area contributed by atoms with Gasteiger partial charge >= 0.3 is 0 Å². The predicted molar refractivity (Wildman–Crippen MR) is 162 cm³/mol. The van der Waals surface area contributed by atoms with E-state index >= 15 is 0 Å². The van der Waals surface area contributed by atoms with Crippen molar-refractivity contribution in [2.24, 2.45) is 5.92 Å². The Morgan fingerprint density at radius 3 is 2.43 bits per heavy atom. The van der Waals surface area contributed by atoms with Gasteiger partial charge in [0, 0.05) is 38.3 Å². The lowest BCUT2D eigenvalue weighted by molar-refractivity contribution is -0.00833. The van der Waals surface area contributed by atoms with Crippen LogP contribution < -0.4 is 9.46 Å². The molecule has 0 saturated heterocycles. The molecule has 42 heavy (non-hydrogen) atoms. The number of rotatable bonds is 8. The van der Waals surface area contributed by atoms with Crippen molar-refractivity contribution in [3.63, 3.8) is 0 Å². The van der Waals surface area contributed by atoms with Gasteiger partial charge in [0.05, 0.1) is 41.6 Å². The van der Waals surface area contributed by atoms with Gasteiger partial charge in [-0.15, -0.1) is 0 Å². The molecule has 11 nitrogen and oxygen atoms in total. The maximum Gasteiger partial charge on any atom is 0.258 e. The molecule has 0 aliphatic carbocycles. The number of amides is 1. The molecule has 0 aromatic heterocycles. The Balaban J connectivity index is 1.98. The summed E-state index contributed by atoms with van der Waals surface area (Å²) in [4.78, 5) is 15.7. The SMILES string of the molecule is C[C@@H]1CCCCO[C@H](CN(C)S(=O)(=O)c2ccccc2)[C@@H](C)CN([C@@H](C)CO)C(=O)c2cc(NS(C)(=O)=O)ccc2O1. The zero-order valence-corrected chi connectivity index (χ0v) is 26.5. The number of benzene rings is 2. The zero-order chi connectivity index (χ0) is 31.1. The molecule has 1 aliphatic heterocycles. The van der Waals surface area contributed by atoms with Crippen LogP contribution in [0.5, 0.6) is 5.75 Å². The number of carbonyl (C=O) groups is 1. The van der Waals surface area contributed by atoms with E-state index in [1.54, 1.807) is 49.4 Å². The molecule has 1 amide bonds. The average molecular weight is 626 g/mol. The van der Waals surface area contributed by atoms with Gasteiger partial charge in [0.2, 0.25) is 20.0 Å². The quantitative estimate of drug-likeness (QED) is 0.456. The number of likely N-dealkylation sites (N-methyl/N-ethyl adjacent to an activating group) is 1. The molecular weight excluding hydrogens is 582 g/mol. The van der Waals surface area contributed by atoms with Gasteiger partial charge in [0.15, 0.2) is 0 Å². The summed E-state index contributed by atoms with van der Waals surface area (Å²) in [5.41, 5.74) is 0.363. The first-order valence-corrected chi connectivity index (χ1v) is 17.4. The van der Waals surface area contributed by atoms with Gasteiger partial charge in [0.1, 0.15) is 5.75 Å². The van der Waals surface area contributed by atoms with Crippen molar-refractivity contribution >= 4 is 31.6 Å². The third kappa shape index (κ3) is 9.14. The zero-order valence-electron chi connectivity index (χ0n) is 24.9. The number of carbonyl (C=O) groups excluding carboxylic acids is 1. The van der Waals surface area contributed by atoms with Crippen LogP contribution >= 0.6 is 0 Å². The van der Waals surface area contributed by atoms with Gasteiger partial charge in [-0.3, -0.25) is 9.52 Å². The number of hydrogen-bond acceptors (Lipinski definition) is 8. The van der Waals surface area contributed by atoms with Crippen molar-refractivity contribution in [1.82, 2.24) is 9.21 Å². The summed E-state index contributed by atoms with van der Waals surface area (Å²) < 4.78 is 66.4. The molecule has 0 fully saturated rings. The number of sulfonamides is 2. The molecule has 4 atom stereocenters. The summed E-state index contributed by atoms with van der Waals surface area (Å²) in [6, 6.07) is 12.1. The minimum atomic E-state index is -3.77. The first-order valence-electron chi connectivity index (χ1n) is 14.1. The summed E-state index contributed by atoms with van der Waals surface area (Å²) in [6.07, 6.45) is 2.42. The second-order valence-corrected chi connectivity index (χ2v) is 14.8. The number of fused-ring (bicyclic) bond motifs is 1. The molecule has 234 valence electrons. The van der Waals surface area contributed by atoms with Gasteiger partial charge in [0.25, 0.3) is 5.91 Å². The molecule has 1 aliphatic rings. The molecule has 13 heteroatoms. The molecule has 3 rings (SSSR count). The highest BCUT2D eigenvalue weighted by molar-refractivity contribution is 7.92. The Bertz CT molecular complexity index is 1400. The van der Waals surface area contributed by atoms with Crippen molar-refractivity contribution in [2.75, 3.05) is 44.3 Å². The standard InChI is InChI=1S/C29H43N3O8S2/c1-21-18-32(22(2)20-33)29(34)26-17-24(30-41(5,35)36)14-15-27(26)40-23(3)11-9-10-16-39-28(21)19-31(4)42(37,38)25-12-7-6-8-13-25/h6-8,12-15,17,21-23,28,30,33H,9-11,16,18-20H2,1-5H3/t21-,22-,23+,28+/m0/s1. The Kier molecular flexibility index (Phi) is 11.8. The van der Waals surface area contributed by atoms with Crippen LogP contribution in [0.1, 0.15) is 50.4 Å². The Labute approximate surface area is 249 Å². The molecule has 2 aromatic carbocycles. The fourth-order valence-corrected chi connectivity index (χ4v) is 6.55. The molecule has 0 radical (unpaired) electrons. The normalized spacial score (nSPS) is 22.1. The van der Waals surface area contributed by atoms with Crippen LogP contribution in [0.3, 0.4) is 0 Å². The number of aliphatic hydroxyl groups is 1. The van der Waals surface area contributed by atoms with E-state index < -0.39 is 38.1 Å². The van der Waals surface area contributed by atoms with E-state index in [0.717, 1.165) is 19.1 Å². The van der Waals surface area contributed by atoms with Gasteiger partial charge < -0.3 is 19.5 Å². The van der Waals surface area contributed by atoms with Crippen molar-refractivity contribution in [2.45, 2.75) is 63.2 Å².